The number of carbonyl (C=O) groups is 1. The second-order valence-corrected chi connectivity index (χ2v) is 6.03. The second kappa shape index (κ2) is 7.10. The Hall–Kier alpha value is -1.93. The third-order valence-corrected chi connectivity index (χ3v) is 4.46. The molecular formula is C15H24N6O2. The van der Waals surface area contributed by atoms with Crippen molar-refractivity contribution in [3.05, 3.63) is 11.9 Å². The quantitative estimate of drug-likeness (QED) is 0.683. The van der Waals surface area contributed by atoms with Gasteiger partial charge in [-0.2, -0.15) is 0 Å². The number of anilines is 2. The third-order valence-electron chi connectivity index (χ3n) is 4.46. The van der Waals surface area contributed by atoms with Gasteiger partial charge < -0.3 is 25.5 Å². The molecule has 2 aliphatic rings. The van der Waals surface area contributed by atoms with Gasteiger partial charge in [-0.05, 0) is 25.9 Å². The van der Waals surface area contributed by atoms with Crippen LogP contribution in [0.2, 0.25) is 0 Å². The molecule has 0 atom stereocenters. The lowest BCUT2D eigenvalue weighted by atomic mass is 10.0. The first-order valence-electron chi connectivity index (χ1n) is 8.10. The lowest BCUT2D eigenvalue weighted by Crippen LogP contribution is -2.47. The Morgan fingerprint density at radius 3 is 2.87 bits per heavy atom. The van der Waals surface area contributed by atoms with E-state index in [1.165, 1.54) is 6.33 Å². The number of aliphatic hydroxyl groups excluding tert-OH is 1. The second-order valence-electron chi connectivity index (χ2n) is 6.03. The molecule has 1 fully saturated rings. The average Bonchev–Trinajstić information content (AvgIpc) is 2.70. The van der Waals surface area contributed by atoms with Crippen LogP contribution in [0.4, 0.5) is 11.6 Å². The van der Waals surface area contributed by atoms with E-state index in [-0.39, 0.29) is 18.6 Å². The van der Waals surface area contributed by atoms with Gasteiger partial charge in [0.1, 0.15) is 18.0 Å². The number of rotatable bonds is 4. The van der Waals surface area contributed by atoms with Crippen LogP contribution in [0.1, 0.15) is 18.4 Å². The molecule has 2 aliphatic heterocycles. The molecule has 1 aromatic heterocycles. The number of aliphatic hydroxyl groups is 1. The largest absolute Gasteiger partial charge is 0.395 e. The molecule has 3 rings (SSSR count). The maximum Gasteiger partial charge on any atom is 0.242 e. The molecule has 0 spiro atoms. The molecule has 1 aromatic rings. The summed E-state index contributed by atoms with van der Waals surface area (Å²) in [5.74, 6) is 1.61. The number of aromatic nitrogens is 2. The van der Waals surface area contributed by atoms with Crippen molar-refractivity contribution in [2.45, 2.75) is 25.4 Å². The van der Waals surface area contributed by atoms with E-state index in [0.29, 0.717) is 25.5 Å². The van der Waals surface area contributed by atoms with E-state index in [9.17, 15) is 4.79 Å². The summed E-state index contributed by atoms with van der Waals surface area (Å²) < 4.78 is 0. The third kappa shape index (κ3) is 3.37. The number of nitrogens with zero attached hydrogens (tertiary/aromatic N) is 4. The lowest BCUT2D eigenvalue weighted by Gasteiger charge is -2.34. The first-order chi connectivity index (χ1) is 11.2. The number of hydrogen-bond acceptors (Lipinski definition) is 7. The van der Waals surface area contributed by atoms with Gasteiger partial charge in [0, 0.05) is 19.6 Å². The number of fused-ring (bicyclic) bond motifs is 1. The highest BCUT2D eigenvalue weighted by Gasteiger charge is 2.32. The standard InChI is InChI=1S/C15H24N6O2/c1-20-9-13(23)21(11-2-4-16-5-3-11)8-12-14(17-6-7-22)18-10-19-15(12)20/h10-11,16,22H,2-9H2,1H3,(H,17,18,19). The van der Waals surface area contributed by atoms with Gasteiger partial charge in [-0.3, -0.25) is 4.79 Å². The molecule has 0 unspecified atom stereocenters. The van der Waals surface area contributed by atoms with Crippen molar-refractivity contribution in [2.75, 3.05) is 50.1 Å². The van der Waals surface area contributed by atoms with E-state index < -0.39 is 0 Å². The van der Waals surface area contributed by atoms with Crippen LogP contribution in [0.15, 0.2) is 6.33 Å². The van der Waals surface area contributed by atoms with Crippen LogP contribution in [0.25, 0.3) is 0 Å². The van der Waals surface area contributed by atoms with Crippen molar-refractivity contribution in [3.8, 4) is 0 Å². The zero-order valence-corrected chi connectivity index (χ0v) is 13.5. The molecule has 8 nitrogen and oxygen atoms in total. The zero-order valence-electron chi connectivity index (χ0n) is 13.5. The Morgan fingerprint density at radius 1 is 1.35 bits per heavy atom. The fourth-order valence-electron chi connectivity index (χ4n) is 3.28. The van der Waals surface area contributed by atoms with Crippen molar-refractivity contribution in [1.82, 2.24) is 20.2 Å². The van der Waals surface area contributed by atoms with Gasteiger partial charge in [0.2, 0.25) is 5.91 Å². The molecule has 126 valence electrons. The SMILES string of the molecule is CN1CC(=O)N(C2CCNCC2)Cc2c(NCCO)ncnc21. The summed E-state index contributed by atoms with van der Waals surface area (Å²) in [7, 11) is 1.88. The van der Waals surface area contributed by atoms with Crippen LogP contribution in [0, 0.1) is 0 Å². The number of amides is 1. The molecule has 3 N–H and O–H groups in total. The summed E-state index contributed by atoms with van der Waals surface area (Å²) in [5.41, 5.74) is 0.924. The highest BCUT2D eigenvalue weighted by molar-refractivity contribution is 5.83. The minimum Gasteiger partial charge on any atom is -0.395 e. The monoisotopic (exact) mass is 320 g/mol. The number of piperidine rings is 1. The van der Waals surface area contributed by atoms with Crippen molar-refractivity contribution in [3.63, 3.8) is 0 Å². The maximum atomic E-state index is 12.7. The highest BCUT2D eigenvalue weighted by Crippen LogP contribution is 2.29. The first-order valence-corrected chi connectivity index (χ1v) is 8.10. The topological polar surface area (TPSA) is 93.6 Å². The molecule has 1 amide bonds. The van der Waals surface area contributed by atoms with Gasteiger partial charge in [-0.15, -0.1) is 0 Å². The maximum absolute atomic E-state index is 12.7. The molecule has 0 bridgehead atoms. The smallest absolute Gasteiger partial charge is 0.242 e. The number of likely N-dealkylation sites (N-methyl/N-ethyl adjacent to an activating group) is 1. The first kappa shape index (κ1) is 15.9. The number of hydrogen-bond donors (Lipinski definition) is 3. The Bertz CT molecular complexity index is 561. The predicted molar refractivity (Wildman–Crippen MR) is 87.3 cm³/mol. The summed E-state index contributed by atoms with van der Waals surface area (Å²) in [6.45, 7) is 3.18. The van der Waals surface area contributed by atoms with Crippen LogP contribution in [-0.2, 0) is 11.3 Å². The van der Waals surface area contributed by atoms with Gasteiger partial charge >= 0.3 is 0 Å². The normalized spacial score (nSPS) is 19.5. The number of nitrogens with one attached hydrogen (secondary N) is 2. The molecule has 0 radical (unpaired) electrons. The molecule has 0 aliphatic carbocycles. The summed E-state index contributed by atoms with van der Waals surface area (Å²) in [6.07, 6.45) is 3.44. The predicted octanol–water partition coefficient (Wildman–Crippen LogP) is -0.589. The lowest BCUT2D eigenvalue weighted by molar-refractivity contribution is -0.133. The van der Waals surface area contributed by atoms with E-state index in [4.69, 9.17) is 5.11 Å². The van der Waals surface area contributed by atoms with E-state index in [2.05, 4.69) is 20.6 Å². The molecular weight excluding hydrogens is 296 g/mol. The van der Waals surface area contributed by atoms with Crippen molar-refractivity contribution in [2.24, 2.45) is 0 Å². The Morgan fingerprint density at radius 2 is 2.13 bits per heavy atom. The molecule has 0 saturated carbocycles. The molecule has 1 saturated heterocycles. The van der Waals surface area contributed by atoms with Crippen LogP contribution in [0.3, 0.4) is 0 Å². The van der Waals surface area contributed by atoms with E-state index in [0.717, 1.165) is 37.3 Å². The molecule has 23 heavy (non-hydrogen) atoms. The Labute approximate surface area is 135 Å². The van der Waals surface area contributed by atoms with Crippen LogP contribution in [-0.4, -0.2) is 71.8 Å². The fraction of sp³-hybridized carbons (Fsp3) is 0.667. The summed E-state index contributed by atoms with van der Waals surface area (Å²) in [5, 5.41) is 15.5. The Balaban J connectivity index is 1.91. The van der Waals surface area contributed by atoms with E-state index in [1.807, 2.05) is 16.8 Å². The molecule has 3 heterocycles. The summed E-state index contributed by atoms with van der Waals surface area (Å²) in [4.78, 5) is 25.2. The van der Waals surface area contributed by atoms with Crippen molar-refractivity contribution in [1.29, 1.82) is 0 Å². The molecule has 0 aromatic carbocycles. The van der Waals surface area contributed by atoms with E-state index in [1.54, 1.807) is 0 Å². The van der Waals surface area contributed by atoms with Gasteiger partial charge in [0.05, 0.1) is 25.3 Å². The highest BCUT2D eigenvalue weighted by atomic mass is 16.3. The van der Waals surface area contributed by atoms with Gasteiger partial charge in [-0.25, -0.2) is 9.97 Å². The van der Waals surface area contributed by atoms with Crippen LogP contribution in [0.5, 0.6) is 0 Å². The summed E-state index contributed by atoms with van der Waals surface area (Å²) in [6, 6.07) is 0.258. The number of carbonyl (C=O) groups excluding carboxylic acids is 1. The fourth-order valence-corrected chi connectivity index (χ4v) is 3.28. The van der Waals surface area contributed by atoms with E-state index >= 15 is 0 Å². The van der Waals surface area contributed by atoms with Crippen molar-refractivity contribution < 1.29 is 9.90 Å². The van der Waals surface area contributed by atoms with Gasteiger partial charge in [-0.1, -0.05) is 0 Å². The minimum absolute atomic E-state index is 0.0333. The molecule has 8 heteroatoms. The van der Waals surface area contributed by atoms with Crippen LogP contribution < -0.4 is 15.5 Å². The average molecular weight is 320 g/mol. The Kier molecular flexibility index (Phi) is 4.92. The van der Waals surface area contributed by atoms with Crippen molar-refractivity contribution >= 4 is 17.5 Å². The van der Waals surface area contributed by atoms with Crippen LogP contribution >= 0.6 is 0 Å². The van der Waals surface area contributed by atoms with Gasteiger partial charge in [0.25, 0.3) is 0 Å². The zero-order chi connectivity index (χ0) is 16.2. The summed E-state index contributed by atoms with van der Waals surface area (Å²) >= 11 is 0. The van der Waals surface area contributed by atoms with Gasteiger partial charge in [0.15, 0.2) is 0 Å². The minimum atomic E-state index is 0.0333.